The number of halogens is 2. The van der Waals surface area contributed by atoms with Crippen molar-refractivity contribution in [2.24, 2.45) is 5.92 Å². The second-order valence-corrected chi connectivity index (χ2v) is 8.62. The van der Waals surface area contributed by atoms with Gasteiger partial charge in [-0.3, -0.25) is 0 Å². The molecule has 0 radical (unpaired) electrons. The van der Waals surface area contributed by atoms with Crippen LogP contribution in [0, 0.1) is 11.7 Å². The minimum atomic E-state index is -3.07. The molecular formula is C15H20ClFO3S. The second kappa shape index (κ2) is 6.63. The first-order valence-corrected chi connectivity index (χ1v) is 9.41. The summed E-state index contributed by atoms with van der Waals surface area (Å²) >= 11 is 5.97. The van der Waals surface area contributed by atoms with Crippen molar-refractivity contribution in [1.29, 1.82) is 0 Å². The maximum atomic E-state index is 13.0. The van der Waals surface area contributed by atoms with Crippen LogP contribution < -0.4 is 0 Å². The van der Waals surface area contributed by atoms with Gasteiger partial charge in [0.2, 0.25) is 0 Å². The van der Waals surface area contributed by atoms with E-state index in [4.69, 9.17) is 11.6 Å². The maximum absolute atomic E-state index is 13.0. The van der Waals surface area contributed by atoms with E-state index in [1.807, 2.05) is 0 Å². The molecule has 6 heteroatoms. The van der Waals surface area contributed by atoms with Gasteiger partial charge in [0, 0.05) is 17.7 Å². The fourth-order valence-corrected chi connectivity index (χ4v) is 4.43. The molecule has 0 saturated heterocycles. The monoisotopic (exact) mass is 334 g/mol. The van der Waals surface area contributed by atoms with Crippen LogP contribution in [0.4, 0.5) is 4.39 Å². The van der Waals surface area contributed by atoms with Crippen LogP contribution in [0.15, 0.2) is 18.2 Å². The molecule has 0 aromatic heterocycles. The largest absolute Gasteiger partial charge is 0.392 e. The molecular weight excluding hydrogens is 315 g/mol. The third kappa shape index (κ3) is 4.41. The van der Waals surface area contributed by atoms with Crippen molar-refractivity contribution in [2.75, 3.05) is 6.26 Å². The zero-order valence-corrected chi connectivity index (χ0v) is 13.5. The van der Waals surface area contributed by atoms with Crippen LogP contribution in [0.1, 0.15) is 31.2 Å². The minimum absolute atomic E-state index is 0.0559. The zero-order valence-electron chi connectivity index (χ0n) is 11.9. The number of aliphatic hydroxyl groups excluding tert-OH is 1. The van der Waals surface area contributed by atoms with E-state index < -0.39 is 21.8 Å². The van der Waals surface area contributed by atoms with Gasteiger partial charge in [-0.1, -0.05) is 24.1 Å². The summed E-state index contributed by atoms with van der Waals surface area (Å²) in [7, 11) is -3.07. The van der Waals surface area contributed by atoms with Gasteiger partial charge >= 0.3 is 0 Å². The fourth-order valence-electron chi connectivity index (χ4n) is 3.00. The number of hydrogen-bond donors (Lipinski definition) is 1. The Labute approximate surface area is 130 Å². The highest BCUT2D eigenvalue weighted by molar-refractivity contribution is 7.91. The van der Waals surface area contributed by atoms with Crippen LogP contribution in [0.2, 0.25) is 5.02 Å². The molecule has 21 heavy (non-hydrogen) atoms. The summed E-state index contributed by atoms with van der Waals surface area (Å²) < 4.78 is 36.3. The van der Waals surface area contributed by atoms with Crippen molar-refractivity contribution < 1.29 is 17.9 Å². The summed E-state index contributed by atoms with van der Waals surface area (Å²) in [6.45, 7) is 0. The average Bonchev–Trinajstić information content (AvgIpc) is 2.41. The highest BCUT2D eigenvalue weighted by Gasteiger charge is 2.32. The maximum Gasteiger partial charge on any atom is 0.150 e. The molecule has 3 unspecified atom stereocenters. The van der Waals surface area contributed by atoms with Crippen LogP contribution >= 0.6 is 11.6 Å². The molecule has 0 bridgehead atoms. The number of rotatable bonds is 4. The smallest absolute Gasteiger partial charge is 0.150 e. The first-order valence-electron chi connectivity index (χ1n) is 7.08. The molecule has 0 aliphatic heterocycles. The molecule has 1 saturated carbocycles. The predicted octanol–water partition coefficient (Wildman–Crippen LogP) is 2.99. The van der Waals surface area contributed by atoms with E-state index in [2.05, 4.69) is 0 Å². The molecule has 3 nitrogen and oxygen atoms in total. The van der Waals surface area contributed by atoms with Gasteiger partial charge in [-0.05, 0) is 42.9 Å². The van der Waals surface area contributed by atoms with Crippen molar-refractivity contribution in [3.63, 3.8) is 0 Å². The molecule has 2 rings (SSSR count). The van der Waals surface area contributed by atoms with Gasteiger partial charge in [-0.25, -0.2) is 12.8 Å². The average molecular weight is 335 g/mol. The zero-order chi connectivity index (χ0) is 15.6. The van der Waals surface area contributed by atoms with Crippen LogP contribution in [-0.2, 0) is 16.3 Å². The van der Waals surface area contributed by atoms with E-state index in [-0.39, 0.29) is 11.2 Å². The third-order valence-electron chi connectivity index (χ3n) is 4.26. The third-order valence-corrected chi connectivity index (χ3v) is 6.25. The molecule has 118 valence electrons. The van der Waals surface area contributed by atoms with E-state index in [0.29, 0.717) is 29.8 Å². The molecule has 1 aliphatic carbocycles. The van der Waals surface area contributed by atoms with Crippen LogP contribution in [-0.4, -0.2) is 31.1 Å². The Bertz CT molecular complexity index is 603. The fraction of sp³-hybridized carbons (Fsp3) is 0.600. The topological polar surface area (TPSA) is 54.4 Å². The van der Waals surface area contributed by atoms with Crippen molar-refractivity contribution in [2.45, 2.75) is 43.5 Å². The summed E-state index contributed by atoms with van der Waals surface area (Å²) in [4.78, 5) is 0. The van der Waals surface area contributed by atoms with Gasteiger partial charge in [-0.15, -0.1) is 0 Å². The van der Waals surface area contributed by atoms with E-state index in [1.54, 1.807) is 6.07 Å². The molecule has 1 aromatic rings. The Morgan fingerprint density at radius 3 is 2.76 bits per heavy atom. The van der Waals surface area contributed by atoms with Crippen molar-refractivity contribution in [1.82, 2.24) is 0 Å². The highest BCUT2D eigenvalue weighted by Crippen LogP contribution is 2.32. The van der Waals surface area contributed by atoms with E-state index in [0.717, 1.165) is 12.8 Å². The number of hydrogen-bond acceptors (Lipinski definition) is 3. The Morgan fingerprint density at radius 1 is 1.43 bits per heavy atom. The lowest BCUT2D eigenvalue weighted by Crippen LogP contribution is -2.34. The molecule has 0 spiro atoms. The lowest BCUT2D eigenvalue weighted by molar-refractivity contribution is 0.0859. The molecule has 3 atom stereocenters. The number of sulfone groups is 1. The van der Waals surface area contributed by atoms with Crippen molar-refractivity contribution in [3.8, 4) is 0 Å². The summed E-state index contributed by atoms with van der Waals surface area (Å²) in [5.74, 6) is -0.465. The summed E-state index contributed by atoms with van der Waals surface area (Å²) in [6.07, 6.45) is 3.68. The van der Waals surface area contributed by atoms with Gasteiger partial charge in [0.1, 0.15) is 15.7 Å². The molecule has 1 N–H and O–H groups in total. The lowest BCUT2D eigenvalue weighted by atomic mass is 9.83. The van der Waals surface area contributed by atoms with Gasteiger partial charge in [0.25, 0.3) is 0 Å². The summed E-state index contributed by atoms with van der Waals surface area (Å²) in [6, 6.07) is 4.11. The van der Waals surface area contributed by atoms with E-state index in [9.17, 15) is 17.9 Å². The molecule has 0 amide bonds. The Kier molecular flexibility index (Phi) is 5.28. The van der Waals surface area contributed by atoms with E-state index in [1.165, 1.54) is 18.4 Å². The first kappa shape index (κ1) is 16.7. The van der Waals surface area contributed by atoms with Crippen molar-refractivity contribution >= 4 is 21.4 Å². The Morgan fingerprint density at radius 2 is 2.14 bits per heavy atom. The summed E-state index contributed by atoms with van der Waals surface area (Å²) in [5.41, 5.74) is 0.687. The molecule has 1 fully saturated rings. The van der Waals surface area contributed by atoms with Gasteiger partial charge in [0.15, 0.2) is 0 Å². The standard InChI is InChI=1S/C15H20ClFO3S/c1-21(19,20)13-4-2-3-11(7-13)15(18)8-10-5-6-12(17)9-14(10)16/h5-6,9,11,13,15,18H,2-4,7-8H2,1H3. The van der Waals surface area contributed by atoms with Crippen molar-refractivity contribution in [3.05, 3.63) is 34.6 Å². The lowest BCUT2D eigenvalue weighted by Gasteiger charge is -2.31. The molecule has 1 aliphatic rings. The van der Waals surface area contributed by atoms with Gasteiger partial charge in [-0.2, -0.15) is 0 Å². The molecule has 1 aromatic carbocycles. The summed E-state index contributed by atoms with van der Waals surface area (Å²) in [5, 5.41) is 10.3. The van der Waals surface area contributed by atoms with Crippen LogP contribution in [0.5, 0.6) is 0 Å². The Hall–Kier alpha value is -0.650. The molecule has 0 heterocycles. The van der Waals surface area contributed by atoms with E-state index >= 15 is 0 Å². The number of aliphatic hydroxyl groups is 1. The minimum Gasteiger partial charge on any atom is -0.392 e. The SMILES string of the molecule is CS(=O)(=O)C1CCCC(C(O)Cc2ccc(F)cc2Cl)C1. The van der Waals surface area contributed by atoms with Crippen LogP contribution in [0.3, 0.4) is 0 Å². The van der Waals surface area contributed by atoms with Gasteiger partial charge in [0.05, 0.1) is 11.4 Å². The quantitative estimate of drug-likeness (QED) is 0.921. The van der Waals surface area contributed by atoms with Crippen LogP contribution in [0.25, 0.3) is 0 Å². The Balaban J connectivity index is 2.04. The highest BCUT2D eigenvalue weighted by atomic mass is 35.5. The predicted molar refractivity (Wildman–Crippen MR) is 81.7 cm³/mol. The number of benzene rings is 1. The second-order valence-electron chi connectivity index (χ2n) is 5.89. The van der Waals surface area contributed by atoms with Gasteiger partial charge < -0.3 is 5.11 Å². The first-order chi connectivity index (χ1) is 9.77. The normalized spacial score (nSPS) is 24.8.